The quantitative estimate of drug-likeness (QED) is 0.149. The molecule has 0 atom stereocenters. The Morgan fingerprint density at radius 1 is 0.324 bits per heavy atom. The van der Waals surface area contributed by atoms with Crippen molar-refractivity contribution in [2.45, 2.75) is 52.4 Å². The van der Waals surface area contributed by atoms with Crippen LogP contribution in [0.1, 0.15) is 52.7 Å². The molecular weight excluding hydrogens is 860 g/mol. The van der Waals surface area contributed by atoms with Gasteiger partial charge in [-0.3, -0.25) is 0 Å². The molecule has 0 fully saturated rings. The zero-order valence-corrected chi connectivity index (χ0v) is 41.2. The molecule has 2 aliphatic heterocycles. The van der Waals surface area contributed by atoms with Crippen molar-refractivity contribution in [1.29, 1.82) is 0 Å². The van der Waals surface area contributed by atoms with Crippen molar-refractivity contribution in [3.05, 3.63) is 236 Å². The second-order valence-electron chi connectivity index (χ2n) is 21.1. The van der Waals surface area contributed by atoms with E-state index in [0.29, 0.717) is 5.82 Å². The molecule has 0 amide bonds. The molecule has 5 heteroatoms. The SMILES string of the molecule is CC(C)(C)c1ccc2c(c1)B1c3cc(C(C)(C)C)ccc3N(c3ccc(-c4ccccc4)cc3)c3cc(-c4nc(-c5ccccc5)cc(-c5ccccc5)n4)cc(c31)N2c1ccc(-c2ccccc2)cc1. The van der Waals surface area contributed by atoms with Gasteiger partial charge in [0.25, 0.3) is 6.71 Å². The van der Waals surface area contributed by atoms with Gasteiger partial charge in [-0.25, -0.2) is 9.97 Å². The number of fused-ring (bicyclic) bond motifs is 4. The van der Waals surface area contributed by atoms with Crippen LogP contribution in [0.2, 0.25) is 0 Å². The van der Waals surface area contributed by atoms with Crippen LogP contribution in [0.15, 0.2) is 224 Å². The first-order chi connectivity index (χ1) is 34.5. The minimum atomic E-state index is -0.0704. The summed E-state index contributed by atoms with van der Waals surface area (Å²) in [4.78, 5) is 15.9. The molecule has 3 heterocycles. The van der Waals surface area contributed by atoms with E-state index < -0.39 is 0 Å². The number of aromatic nitrogens is 2. The van der Waals surface area contributed by atoms with Crippen LogP contribution in [-0.2, 0) is 10.8 Å². The molecule has 71 heavy (non-hydrogen) atoms. The molecule has 0 N–H and O–H groups in total. The van der Waals surface area contributed by atoms with Crippen molar-refractivity contribution in [2.75, 3.05) is 9.80 Å². The molecule has 2 aliphatic rings. The Bertz CT molecular complexity index is 3350. The first-order valence-electron chi connectivity index (χ1n) is 24.8. The van der Waals surface area contributed by atoms with Crippen molar-refractivity contribution < 1.29 is 0 Å². The van der Waals surface area contributed by atoms with Gasteiger partial charge in [0.2, 0.25) is 0 Å². The van der Waals surface area contributed by atoms with Crippen LogP contribution < -0.4 is 26.2 Å². The summed E-state index contributed by atoms with van der Waals surface area (Å²) in [6.07, 6.45) is 0. The molecule has 12 rings (SSSR count). The van der Waals surface area contributed by atoms with Gasteiger partial charge in [-0.1, -0.05) is 211 Å². The molecule has 1 aromatic heterocycles. The number of anilines is 6. The molecule has 0 saturated carbocycles. The normalized spacial score (nSPS) is 12.8. The summed E-state index contributed by atoms with van der Waals surface area (Å²) >= 11 is 0. The highest BCUT2D eigenvalue weighted by atomic mass is 15.2. The van der Waals surface area contributed by atoms with Crippen LogP contribution in [-0.4, -0.2) is 16.7 Å². The summed E-state index contributed by atoms with van der Waals surface area (Å²) in [5.41, 5.74) is 22.6. The lowest BCUT2D eigenvalue weighted by atomic mass is 9.33. The molecule has 0 bridgehead atoms. The third kappa shape index (κ3) is 8.02. The van der Waals surface area contributed by atoms with Gasteiger partial charge in [0.05, 0.1) is 11.4 Å². The Balaban J connectivity index is 1.17. The van der Waals surface area contributed by atoms with Crippen LogP contribution in [0.4, 0.5) is 34.1 Å². The highest BCUT2D eigenvalue weighted by Gasteiger charge is 2.44. The molecule has 0 saturated heterocycles. The van der Waals surface area contributed by atoms with E-state index in [1.807, 2.05) is 0 Å². The smallest absolute Gasteiger partial charge is 0.252 e. The van der Waals surface area contributed by atoms with Crippen LogP contribution in [0.3, 0.4) is 0 Å². The molecule has 4 nitrogen and oxygen atoms in total. The van der Waals surface area contributed by atoms with Crippen LogP contribution in [0.25, 0.3) is 56.2 Å². The van der Waals surface area contributed by atoms with Crippen molar-refractivity contribution in [1.82, 2.24) is 9.97 Å². The van der Waals surface area contributed by atoms with Gasteiger partial charge in [0, 0.05) is 50.8 Å². The third-order valence-corrected chi connectivity index (χ3v) is 14.4. The summed E-state index contributed by atoms with van der Waals surface area (Å²) in [5.74, 6) is 0.669. The first-order valence-corrected chi connectivity index (χ1v) is 24.8. The van der Waals surface area contributed by atoms with Gasteiger partial charge in [-0.05, 0) is 115 Å². The predicted octanol–water partition coefficient (Wildman–Crippen LogP) is 15.5. The number of benzene rings is 9. The summed E-state index contributed by atoms with van der Waals surface area (Å²) in [7, 11) is 0. The maximum Gasteiger partial charge on any atom is 0.252 e. The number of hydrogen-bond donors (Lipinski definition) is 0. The van der Waals surface area contributed by atoms with Crippen LogP contribution >= 0.6 is 0 Å². The van der Waals surface area contributed by atoms with Gasteiger partial charge < -0.3 is 9.80 Å². The van der Waals surface area contributed by atoms with Gasteiger partial charge in [0.1, 0.15) is 0 Å². The standard InChI is InChI=1S/C66H55BN4/c1-65(2,3)51-31-37-59-55(41-51)67-56-42-52(66(4,5)6)32-38-60(56)71(54-35-29-47(30-36-54)45-21-13-8-14-22-45)62-40-50(39-61(63(62)67)70(59)53-33-27-46(28-34-53)44-19-11-7-12-20-44)64-68-57(48-23-15-9-16-24-48)43-58(69-64)49-25-17-10-18-26-49/h7-43H,1-6H3. The van der Waals surface area contributed by atoms with Crippen molar-refractivity contribution >= 4 is 57.2 Å². The molecule has 0 radical (unpaired) electrons. The Morgan fingerprint density at radius 3 is 1.04 bits per heavy atom. The molecule has 10 aromatic rings. The van der Waals surface area contributed by atoms with E-state index in [2.05, 4.69) is 276 Å². The molecule has 0 aliphatic carbocycles. The number of nitrogens with zero attached hydrogens (tertiary/aromatic N) is 4. The van der Waals surface area contributed by atoms with E-state index in [9.17, 15) is 0 Å². The topological polar surface area (TPSA) is 32.3 Å². The summed E-state index contributed by atoms with van der Waals surface area (Å²) in [5, 5.41) is 0. The lowest BCUT2D eigenvalue weighted by molar-refractivity contribution is 0.590. The van der Waals surface area contributed by atoms with E-state index in [-0.39, 0.29) is 17.5 Å². The lowest BCUT2D eigenvalue weighted by Gasteiger charge is -2.45. The fraction of sp³-hybridized carbons (Fsp3) is 0.121. The van der Waals surface area contributed by atoms with Gasteiger partial charge >= 0.3 is 0 Å². The summed E-state index contributed by atoms with van der Waals surface area (Å²) in [6, 6.07) is 81.8. The van der Waals surface area contributed by atoms with Crippen LogP contribution in [0, 0.1) is 0 Å². The zero-order chi connectivity index (χ0) is 48.4. The molecule has 9 aromatic carbocycles. The lowest BCUT2D eigenvalue weighted by Crippen LogP contribution is -2.61. The minimum absolute atomic E-state index is 0.0696. The van der Waals surface area contributed by atoms with Crippen LogP contribution in [0.5, 0.6) is 0 Å². The van der Waals surface area contributed by atoms with Gasteiger partial charge in [0.15, 0.2) is 5.82 Å². The van der Waals surface area contributed by atoms with Crippen molar-refractivity contribution in [2.24, 2.45) is 0 Å². The van der Waals surface area contributed by atoms with Gasteiger partial charge in [-0.15, -0.1) is 0 Å². The summed E-state index contributed by atoms with van der Waals surface area (Å²) < 4.78 is 0. The van der Waals surface area contributed by atoms with Crippen molar-refractivity contribution in [3.63, 3.8) is 0 Å². The fourth-order valence-electron chi connectivity index (χ4n) is 10.6. The van der Waals surface area contributed by atoms with E-state index in [1.54, 1.807) is 0 Å². The van der Waals surface area contributed by atoms with Crippen molar-refractivity contribution in [3.8, 4) is 56.2 Å². The monoisotopic (exact) mass is 914 g/mol. The maximum absolute atomic E-state index is 5.46. The second kappa shape index (κ2) is 17.3. The molecule has 0 unspecified atom stereocenters. The average molecular weight is 915 g/mol. The first kappa shape index (κ1) is 44.0. The number of hydrogen-bond acceptors (Lipinski definition) is 4. The fourth-order valence-corrected chi connectivity index (χ4v) is 10.6. The predicted molar refractivity (Wildman–Crippen MR) is 301 cm³/mol. The largest absolute Gasteiger partial charge is 0.311 e. The zero-order valence-electron chi connectivity index (χ0n) is 41.2. The Kier molecular flexibility index (Phi) is 10.7. The minimum Gasteiger partial charge on any atom is -0.311 e. The highest BCUT2D eigenvalue weighted by Crippen LogP contribution is 2.47. The Labute approximate surface area is 419 Å². The summed E-state index contributed by atoms with van der Waals surface area (Å²) in [6.45, 7) is 13.9. The van der Waals surface area contributed by atoms with Gasteiger partial charge in [-0.2, -0.15) is 0 Å². The Morgan fingerprint density at radius 2 is 0.676 bits per heavy atom. The van der Waals surface area contributed by atoms with E-state index in [1.165, 1.54) is 61.1 Å². The van der Waals surface area contributed by atoms with E-state index in [4.69, 9.17) is 9.97 Å². The second-order valence-corrected chi connectivity index (χ2v) is 21.1. The van der Waals surface area contributed by atoms with E-state index >= 15 is 0 Å². The Hall–Kier alpha value is -8.28. The highest BCUT2D eigenvalue weighted by molar-refractivity contribution is 7.00. The molecule has 342 valence electrons. The number of rotatable bonds is 7. The maximum atomic E-state index is 5.46. The molecule has 0 spiro atoms. The average Bonchev–Trinajstić information content (AvgIpc) is 3.41. The van der Waals surface area contributed by atoms with E-state index in [0.717, 1.165) is 50.8 Å². The third-order valence-electron chi connectivity index (χ3n) is 14.4. The molecular formula is C66H55BN4.